The van der Waals surface area contributed by atoms with Crippen molar-refractivity contribution >= 4 is 44.7 Å². The number of esters is 1. The molecule has 2 N–H and O–H groups in total. The number of carbonyl (C=O) groups is 1. The van der Waals surface area contributed by atoms with Gasteiger partial charge in [0.2, 0.25) is 10.0 Å². The molecule has 1 saturated heterocycles. The Hall–Kier alpha value is -4.42. The Morgan fingerprint density at radius 2 is 1.81 bits per heavy atom. The van der Waals surface area contributed by atoms with Crippen LogP contribution in [0, 0.1) is 13.8 Å². The van der Waals surface area contributed by atoms with E-state index < -0.39 is 16.0 Å². The molecule has 0 radical (unpaired) electrons. The number of benzene rings is 2. The first-order chi connectivity index (χ1) is 20.0. The Morgan fingerprint density at radius 3 is 2.48 bits per heavy atom. The molecule has 2 aromatic carbocycles. The molecule has 1 aliphatic heterocycles. The average Bonchev–Trinajstić information content (AvgIpc) is 3.46. The molecule has 2 aromatic heterocycles. The van der Waals surface area contributed by atoms with Crippen LogP contribution >= 0.6 is 12.2 Å². The van der Waals surface area contributed by atoms with Gasteiger partial charge in [0.05, 0.1) is 49.5 Å². The Kier molecular flexibility index (Phi) is 7.93. The molecule has 218 valence electrons. The zero-order chi connectivity index (χ0) is 30.2. The lowest BCUT2D eigenvalue weighted by molar-refractivity contribution is 0.0600. The van der Waals surface area contributed by atoms with Crippen LogP contribution in [0.1, 0.15) is 45.1 Å². The fourth-order valence-corrected chi connectivity index (χ4v) is 6.35. The molecule has 2 unspecified atom stereocenters. The zero-order valence-electron chi connectivity index (χ0n) is 23.8. The number of hydrogen-bond acceptors (Lipinski definition) is 7. The lowest BCUT2D eigenvalue weighted by Crippen LogP contribution is -2.29. The van der Waals surface area contributed by atoms with Crippen LogP contribution in [-0.4, -0.2) is 49.5 Å². The number of nitrogens with one attached hydrogen (secondary N) is 2. The molecule has 4 aromatic rings. The Bertz CT molecular complexity index is 1770. The molecular weight excluding hydrogens is 574 g/mol. The van der Waals surface area contributed by atoms with E-state index in [0.717, 1.165) is 34.6 Å². The normalized spacial score (nSPS) is 16.7. The van der Waals surface area contributed by atoms with Crippen molar-refractivity contribution in [3.05, 3.63) is 101 Å². The molecule has 12 heteroatoms. The standard InChI is InChI=1S/C30H31N5O5S2/c1-18-15-23(19(2)34(18)21-10-8-9-20(16-21)29(36)40-4)28-27(24-11-6-7-14-31-24)32-30(41)35(28)22-12-13-26(39-3)25(17-22)33-42(5,37)38/h6-17,27-28,33H,1-5H3,(H,32,41). The number of aryl methyl sites for hydroxylation is 1. The highest BCUT2D eigenvalue weighted by molar-refractivity contribution is 7.92. The summed E-state index contributed by atoms with van der Waals surface area (Å²) < 4.78 is 39.3. The summed E-state index contributed by atoms with van der Waals surface area (Å²) in [6.45, 7) is 4.02. The minimum Gasteiger partial charge on any atom is -0.495 e. The van der Waals surface area contributed by atoms with Crippen molar-refractivity contribution in [3.8, 4) is 11.4 Å². The van der Waals surface area contributed by atoms with Crippen molar-refractivity contribution in [2.75, 3.05) is 30.1 Å². The highest BCUT2D eigenvalue weighted by atomic mass is 32.2. The molecule has 5 rings (SSSR count). The third-order valence-electron chi connectivity index (χ3n) is 7.17. The summed E-state index contributed by atoms with van der Waals surface area (Å²) in [7, 11) is -0.738. The van der Waals surface area contributed by atoms with E-state index in [4.69, 9.17) is 21.7 Å². The quantitative estimate of drug-likeness (QED) is 0.215. The molecule has 1 aliphatic rings. The Balaban J connectivity index is 1.68. The van der Waals surface area contributed by atoms with E-state index in [1.807, 2.05) is 55.1 Å². The second kappa shape index (κ2) is 11.5. The number of thiocarbonyl (C=S) groups is 1. The molecule has 10 nitrogen and oxygen atoms in total. The molecule has 2 atom stereocenters. The first kappa shape index (κ1) is 29.1. The molecule has 0 aliphatic carbocycles. The van der Waals surface area contributed by atoms with Crippen LogP contribution in [0.2, 0.25) is 0 Å². The molecule has 3 heterocycles. The van der Waals surface area contributed by atoms with Crippen LogP contribution in [0.4, 0.5) is 11.4 Å². The highest BCUT2D eigenvalue weighted by Gasteiger charge is 2.42. The summed E-state index contributed by atoms with van der Waals surface area (Å²) in [5, 5.41) is 3.91. The van der Waals surface area contributed by atoms with Gasteiger partial charge in [0.25, 0.3) is 0 Å². The molecule has 0 bridgehead atoms. The van der Waals surface area contributed by atoms with Crippen molar-refractivity contribution < 1.29 is 22.7 Å². The first-order valence-corrected chi connectivity index (χ1v) is 15.4. The van der Waals surface area contributed by atoms with Crippen LogP contribution < -0.4 is 19.7 Å². The average molecular weight is 606 g/mol. The van der Waals surface area contributed by atoms with Crippen molar-refractivity contribution in [2.45, 2.75) is 25.9 Å². The second-order valence-electron chi connectivity index (χ2n) is 9.96. The Morgan fingerprint density at radius 1 is 1.02 bits per heavy atom. The number of sulfonamides is 1. The maximum absolute atomic E-state index is 12.3. The smallest absolute Gasteiger partial charge is 0.337 e. The first-order valence-electron chi connectivity index (χ1n) is 13.1. The van der Waals surface area contributed by atoms with Gasteiger partial charge in [-0.05, 0) is 86.2 Å². The van der Waals surface area contributed by atoms with Crippen LogP contribution in [0.5, 0.6) is 5.75 Å². The SMILES string of the molecule is COC(=O)c1cccc(-n2c(C)cc(C3C(c4ccccn4)NC(=S)N3c3ccc(OC)c(NS(C)(=O)=O)c3)c2C)c1. The number of nitrogens with zero attached hydrogens (tertiary/aromatic N) is 3. The summed E-state index contributed by atoms with van der Waals surface area (Å²) in [4.78, 5) is 18.9. The summed E-state index contributed by atoms with van der Waals surface area (Å²) in [6, 6.07) is 19.7. The van der Waals surface area contributed by atoms with E-state index >= 15 is 0 Å². The molecule has 42 heavy (non-hydrogen) atoms. The molecule has 1 fully saturated rings. The van der Waals surface area contributed by atoms with Gasteiger partial charge in [0, 0.05) is 29.0 Å². The summed E-state index contributed by atoms with van der Waals surface area (Å²) >= 11 is 5.89. The van der Waals surface area contributed by atoms with Crippen molar-refractivity contribution in [3.63, 3.8) is 0 Å². The number of carbonyl (C=O) groups excluding carboxylic acids is 1. The van der Waals surface area contributed by atoms with E-state index in [2.05, 4.69) is 25.7 Å². The van der Waals surface area contributed by atoms with Crippen LogP contribution in [-0.2, 0) is 14.8 Å². The van der Waals surface area contributed by atoms with Crippen molar-refractivity contribution in [1.82, 2.24) is 14.9 Å². The second-order valence-corrected chi connectivity index (χ2v) is 12.1. The fraction of sp³-hybridized carbons (Fsp3) is 0.233. The monoisotopic (exact) mass is 605 g/mol. The fourth-order valence-electron chi connectivity index (χ4n) is 5.45. The van der Waals surface area contributed by atoms with Gasteiger partial charge in [0.1, 0.15) is 5.75 Å². The third kappa shape index (κ3) is 5.55. The largest absolute Gasteiger partial charge is 0.495 e. The minimum atomic E-state index is -3.58. The minimum absolute atomic E-state index is 0.297. The highest BCUT2D eigenvalue weighted by Crippen LogP contribution is 2.45. The van der Waals surface area contributed by atoms with Gasteiger partial charge in [0.15, 0.2) is 5.11 Å². The van der Waals surface area contributed by atoms with Gasteiger partial charge in [-0.3, -0.25) is 9.71 Å². The van der Waals surface area contributed by atoms with Gasteiger partial charge in [-0.25, -0.2) is 13.2 Å². The lowest BCUT2D eigenvalue weighted by atomic mass is 9.96. The Labute approximate surface area is 250 Å². The predicted octanol–water partition coefficient (Wildman–Crippen LogP) is 4.83. The number of pyridine rings is 1. The number of hydrogen-bond donors (Lipinski definition) is 2. The van der Waals surface area contributed by atoms with Gasteiger partial charge in [-0.15, -0.1) is 0 Å². The van der Waals surface area contributed by atoms with Crippen LogP contribution in [0.3, 0.4) is 0 Å². The number of aromatic nitrogens is 2. The third-order valence-corrected chi connectivity index (χ3v) is 8.07. The molecule has 0 saturated carbocycles. The maximum atomic E-state index is 12.3. The molecule has 0 amide bonds. The number of ether oxygens (including phenoxy) is 2. The molecular formula is C30H31N5O5S2. The number of anilines is 2. The van der Waals surface area contributed by atoms with Gasteiger partial charge >= 0.3 is 5.97 Å². The topological polar surface area (TPSA) is 115 Å². The van der Waals surface area contributed by atoms with Gasteiger partial charge in [-0.1, -0.05) is 12.1 Å². The van der Waals surface area contributed by atoms with E-state index in [9.17, 15) is 13.2 Å². The van der Waals surface area contributed by atoms with E-state index in [1.54, 1.807) is 30.5 Å². The van der Waals surface area contributed by atoms with E-state index in [1.165, 1.54) is 14.2 Å². The summed E-state index contributed by atoms with van der Waals surface area (Å²) in [5.74, 6) is -0.0342. The lowest BCUT2D eigenvalue weighted by Gasteiger charge is -2.29. The van der Waals surface area contributed by atoms with Crippen LogP contribution in [0.25, 0.3) is 5.69 Å². The predicted molar refractivity (Wildman–Crippen MR) is 166 cm³/mol. The molecule has 0 spiro atoms. The van der Waals surface area contributed by atoms with Gasteiger partial charge < -0.3 is 24.3 Å². The van der Waals surface area contributed by atoms with Crippen LogP contribution in [0.15, 0.2) is 72.9 Å². The summed E-state index contributed by atoms with van der Waals surface area (Å²) in [5.41, 5.74) is 5.91. The maximum Gasteiger partial charge on any atom is 0.337 e. The van der Waals surface area contributed by atoms with Gasteiger partial charge in [-0.2, -0.15) is 0 Å². The van der Waals surface area contributed by atoms with Crippen molar-refractivity contribution in [1.29, 1.82) is 0 Å². The number of rotatable bonds is 8. The van der Waals surface area contributed by atoms with Crippen molar-refractivity contribution in [2.24, 2.45) is 0 Å². The zero-order valence-corrected chi connectivity index (χ0v) is 25.4. The van der Waals surface area contributed by atoms with E-state index in [0.29, 0.717) is 27.8 Å². The summed E-state index contributed by atoms with van der Waals surface area (Å²) in [6.07, 6.45) is 2.83. The van der Waals surface area contributed by atoms with E-state index in [-0.39, 0.29) is 12.1 Å². The number of methoxy groups -OCH3 is 2.